The summed E-state index contributed by atoms with van der Waals surface area (Å²) in [6, 6.07) is 0. The molecule has 6 heteroatoms. The molecule has 0 aliphatic carbocycles. The van der Waals surface area contributed by atoms with Crippen molar-refractivity contribution in [3.05, 3.63) is 24.0 Å². The van der Waals surface area contributed by atoms with Gasteiger partial charge in [0.25, 0.3) is 0 Å². The quantitative estimate of drug-likeness (QED) is 0.826. The summed E-state index contributed by atoms with van der Waals surface area (Å²) in [5, 5.41) is 8.54. The number of anilines is 1. The zero-order chi connectivity index (χ0) is 13.9. The molecular weight excluding hydrogens is 246 g/mol. The molecule has 1 aliphatic heterocycles. The van der Waals surface area contributed by atoms with Gasteiger partial charge in [-0.3, -0.25) is 0 Å². The number of carboxylic acid groups (broad SMARTS) is 1. The third kappa shape index (κ3) is 3.75. The lowest BCUT2D eigenvalue weighted by molar-refractivity contribution is -0.131. The number of rotatable bonds is 3. The SMILES string of the molecule is CC1(C)CN(c2ncc(/C=C/C(=O)O)cn2)CCO1. The van der Waals surface area contributed by atoms with Crippen molar-refractivity contribution in [2.75, 3.05) is 24.6 Å². The number of aliphatic carboxylic acids is 1. The minimum atomic E-state index is -0.987. The Labute approximate surface area is 111 Å². The van der Waals surface area contributed by atoms with Gasteiger partial charge in [0.05, 0.1) is 12.2 Å². The summed E-state index contributed by atoms with van der Waals surface area (Å²) in [4.78, 5) is 21.0. The maximum Gasteiger partial charge on any atom is 0.328 e. The van der Waals surface area contributed by atoms with Gasteiger partial charge in [-0.2, -0.15) is 0 Å². The third-order valence-corrected chi connectivity index (χ3v) is 2.79. The van der Waals surface area contributed by atoms with Crippen LogP contribution in [0.4, 0.5) is 5.95 Å². The van der Waals surface area contributed by atoms with Gasteiger partial charge >= 0.3 is 5.97 Å². The van der Waals surface area contributed by atoms with Gasteiger partial charge < -0.3 is 14.7 Å². The van der Waals surface area contributed by atoms with E-state index in [1.807, 2.05) is 13.8 Å². The summed E-state index contributed by atoms with van der Waals surface area (Å²) in [5.41, 5.74) is 0.461. The van der Waals surface area contributed by atoms with E-state index in [0.717, 1.165) is 19.2 Å². The number of carbonyl (C=O) groups is 1. The lowest BCUT2D eigenvalue weighted by Gasteiger charge is -2.38. The molecule has 0 atom stereocenters. The number of carboxylic acids is 1. The zero-order valence-corrected chi connectivity index (χ0v) is 11.0. The van der Waals surface area contributed by atoms with Crippen LogP contribution in [0.1, 0.15) is 19.4 Å². The van der Waals surface area contributed by atoms with E-state index in [0.29, 0.717) is 18.1 Å². The molecule has 1 N–H and O–H groups in total. The monoisotopic (exact) mass is 263 g/mol. The van der Waals surface area contributed by atoms with Gasteiger partial charge in [-0.25, -0.2) is 14.8 Å². The lowest BCUT2D eigenvalue weighted by Crippen LogP contribution is -2.48. The molecule has 1 aliphatic rings. The predicted octanol–water partition coefficient (Wildman–Crippen LogP) is 1.19. The maximum atomic E-state index is 10.4. The molecule has 102 valence electrons. The van der Waals surface area contributed by atoms with Crippen molar-refractivity contribution in [3.63, 3.8) is 0 Å². The first-order valence-electron chi connectivity index (χ1n) is 6.08. The molecule has 0 amide bonds. The third-order valence-electron chi connectivity index (χ3n) is 2.79. The first kappa shape index (κ1) is 13.5. The topological polar surface area (TPSA) is 75.6 Å². The molecule has 0 aromatic carbocycles. The van der Waals surface area contributed by atoms with Crippen LogP contribution in [0.15, 0.2) is 18.5 Å². The van der Waals surface area contributed by atoms with Crippen molar-refractivity contribution >= 4 is 18.0 Å². The van der Waals surface area contributed by atoms with E-state index in [9.17, 15) is 4.79 Å². The Morgan fingerprint density at radius 2 is 2.16 bits per heavy atom. The van der Waals surface area contributed by atoms with Crippen LogP contribution in [-0.4, -0.2) is 46.3 Å². The number of hydrogen-bond acceptors (Lipinski definition) is 5. The fraction of sp³-hybridized carbons (Fsp3) is 0.462. The zero-order valence-electron chi connectivity index (χ0n) is 11.0. The fourth-order valence-corrected chi connectivity index (χ4v) is 1.94. The van der Waals surface area contributed by atoms with Gasteiger partial charge in [-0.05, 0) is 19.9 Å². The summed E-state index contributed by atoms with van der Waals surface area (Å²) >= 11 is 0. The smallest absolute Gasteiger partial charge is 0.328 e. The van der Waals surface area contributed by atoms with Crippen molar-refractivity contribution in [2.45, 2.75) is 19.4 Å². The van der Waals surface area contributed by atoms with Crippen molar-refractivity contribution in [1.82, 2.24) is 9.97 Å². The number of ether oxygens (including phenoxy) is 1. The second kappa shape index (κ2) is 5.36. The molecule has 0 radical (unpaired) electrons. The molecule has 19 heavy (non-hydrogen) atoms. The van der Waals surface area contributed by atoms with E-state index < -0.39 is 5.97 Å². The Hall–Kier alpha value is -1.95. The highest BCUT2D eigenvalue weighted by Gasteiger charge is 2.28. The van der Waals surface area contributed by atoms with Crippen LogP contribution in [-0.2, 0) is 9.53 Å². The van der Waals surface area contributed by atoms with Crippen molar-refractivity contribution in [3.8, 4) is 0 Å². The second-order valence-corrected chi connectivity index (χ2v) is 5.02. The lowest BCUT2D eigenvalue weighted by atomic mass is 10.1. The largest absolute Gasteiger partial charge is 0.478 e. The van der Waals surface area contributed by atoms with Gasteiger partial charge in [0.2, 0.25) is 5.95 Å². The van der Waals surface area contributed by atoms with Crippen LogP contribution in [0.5, 0.6) is 0 Å². The summed E-state index contributed by atoms with van der Waals surface area (Å²) in [7, 11) is 0. The van der Waals surface area contributed by atoms with E-state index >= 15 is 0 Å². The molecule has 0 spiro atoms. The first-order valence-corrected chi connectivity index (χ1v) is 6.08. The van der Waals surface area contributed by atoms with Crippen LogP contribution < -0.4 is 4.90 Å². The van der Waals surface area contributed by atoms with Crippen LogP contribution in [0.25, 0.3) is 6.08 Å². The van der Waals surface area contributed by atoms with Gasteiger partial charge in [-0.1, -0.05) is 0 Å². The van der Waals surface area contributed by atoms with Crippen molar-refractivity contribution in [2.24, 2.45) is 0 Å². The summed E-state index contributed by atoms with van der Waals surface area (Å²) in [6.45, 7) is 6.20. The average molecular weight is 263 g/mol. The molecule has 6 nitrogen and oxygen atoms in total. The second-order valence-electron chi connectivity index (χ2n) is 5.02. The Kier molecular flexibility index (Phi) is 3.80. The van der Waals surface area contributed by atoms with Crippen molar-refractivity contribution < 1.29 is 14.6 Å². The minimum absolute atomic E-state index is 0.205. The molecule has 1 saturated heterocycles. The fourth-order valence-electron chi connectivity index (χ4n) is 1.94. The molecule has 0 bridgehead atoms. The van der Waals surface area contributed by atoms with Gasteiger partial charge in [0, 0.05) is 37.1 Å². The Balaban J connectivity index is 2.08. The molecule has 0 saturated carbocycles. The number of hydrogen-bond donors (Lipinski definition) is 1. The minimum Gasteiger partial charge on any atom is -0.478 e. The number of morpholine rings is 1. The molecule has 1 aromatic heterocycles. The van der Waals surface area contributed by atoms with Crippen LogP contribution >= 0.6 is 0 Å². The van der Waals surface area contributed by atoms with Gasteiger partial charge in [-0.15, -0.1) is 0 Å². The normalized spacial score (nSPS) is 18.7. The highest BCUT2D eigenvalue weighted by atomic mass is 16.5. The first-order chi connectivity index (χ1) is 8.96. The van der Waals surface area contributed by atoms with E-state index in [1.54, 1.807) is 12.4 Å². The Morgan fingerprint density at radius 1 is 1.47 bits per heavy atom. The average Bonchev–Trinajstić information content (AvgIpc) is 2.36. The van der Waals surface area contributed by atoms with Crippen molar-refractivity contribution in [1.29, 1.82) is 0 Å². The number of nitrogens with zero attached hydrogens (tertiary/aromatic N) is 3. The van der Waals surface area contributed by atoms with E-state index in [-0.39, 0.29) is 5.60 Å². The molecular formula is C13H17N3O3. The highest BCUT2D eigenvalue weighted by Crippen LogP contribution is 2.19. The van der Waals surface area contributed by atoms with Crippen LogP contribution in [0, 0.1) is 0 Å². The molecule has 2 rings (SSSR count). The van der Waals surface area contributed by atoms with Crippen LogP contribution in [0.2, 0.25) is 0 Å². The van der Waals surface area contributed by atoms with E-state index in [1.165, 1.54) is 6.08 Å². The predicted molar refractivity (Wildman–Crippen MR) is 70.9 cm³/mol. The molecule has 1 fully saturated rings. The Morgan fingerprint density at radius 3 is 2.74 bits per heavy atom. The molecule has 1 aromatic rings. The van der Waals surface area contributed by atoms with E-state index in [4.69, 9.17) is 9.84 Å². The summed E-state index contributed by atoms with van der Waals surface area (Å²) in [6.07, 6.45) is 5.76. The standard InChI is InChI=1S/C13H17N3O3/c1-13(2)9-16(5-6-19-13)12-14-7-10(8-15-12)3-4-11(17)18/h3-4,7-8H,5-6,9H2,1-2H3,(H,17,18)/b4-3+. The van der Waals surface area contributed by atoms with Gasteiger partial charge in [0.15, 0.2) is 0 Å². The highest BCUT2D eigenvalue weighted by molar-refractivity contribution is 5.85. The summed E-state index contributed by atoms with van der Waals surface area (Å²) in [5.74, 6) is -0.345. The maximum absolute atomic E-state index is 10.4. The van der Waals surface area contributed by atoms with Crippen LogP contribution in [0.3, 0.4) is 0 Å². The Bertz CT molecular complexity index is 482. The molecule has 2 heterocycles. The molecule has 0 unspecified atom stereocenters. The van der Waals surface area contributed by atoms with Gasteiger partial charge in [0.1, 0.15) is 0 Å². The van der Waals surface area contributed by atoms with E-state index in [2.05, 4.69) is 14.9 Å². The summed E-state index contributed by atoms with van der Waals surface area (Å²) < 4.78 is 5.63. The number of aromatic nitrogens is 2.